The lowest BCUT2D eigenvalue weighted by atomic mass is 10.2. The van der Waals surface area contributed by atoms with Crippen molar-refractivity contribution in [2.24, 2.45) is 0 Å². The van der Waals surface area contributed by atoms with E-state index in [1.807, 2.05) is 43.3 Å². The molecule has 0 unspecified atom stereocenters. The first-order valence-corrected chi connectivity index (χ1v) is 8.90. The van der Waals surface area contributed by atoms with Crippen molar-refractivity contribution in [3.63, 3.8) is 0 Å². The first kappa shape index (κ1) is 18.1. The lowest BCUT2D eigenvalue weighted by Crippen LogP contribution is -3.19. The topological polar surface area (TPSA) is 66.2 Å². The first-order valence-electron chi connectivity index (χ1n) is 8.90. The molecule has 2 aromatic rings. The van der Waals surface area contributed by atoms with Crippen molar-refractivity contribution in [1.29, 1.82) is 0 Å². The van der Waals surface area contributed by atoms with Crippen molar-refractivity contribution < 1.29 is 19.5 Å². The van der Waals surface area contributed by atoms with Crippen LogP contribution in [0.4, 0.5) is 11.4 Å². The molecule has 0 bridgehead atoms. The molecule has 2 aromatic carbocycles. The fourth-order valence-corrected chi connectivity index (χ4v) is 3.26. The van der Waals surface area contributed by atoms with E-state index >= 15 is 0 Å². The summed E-state index contributed by atoms with van der Waals surface area (Å²) in [6.45, 7) is 5.56. The van der Waals surface area contributed by atoms with Crippen molar-refractivity contribution in [2.45, 2.75) is 13.0 Å². The van der Waals surface area contributed by atoms with Crippen LogP contribution in [-0.2, 0) is 4.79 Å². The predicted molar refractivity (Wildman–Crippen MR) is 102 cm³/mol. The van der Waals surface area contributed by atoms with E-state index < -0.39 is 0 Å². The lowest BCUT2D eigenvalue weighted by Gasteiger charge is -2.36. The fraction of sp³-hybridized carbons (Fsp3) is 0.350. The molecule has 1 aliphatic heterocycles. The van der Waals surface area contributed by atoms with Crippen LogP contribution in [-0.4, -0.2) is 50.3 Å². The maximum Gasteiger partial charge on any atom is 0.282 e. The summed E-state index contributed by atoms with van der Waals surface area (Å²) >= 11 is 0. The van der Waals surface area contributed by atoms with Crippen molar-refractivity contribution in [1.82, 2.24) is 0 Å². The normalized spacial score (nSPS) is 16.2. The number of amides is 1. The molecule has 1 atom stereocenters. The Hall–Kier alpha value is -2.73. The van der Waals surface area contributed by atoms with Crippen LogP contribution in [0, 0.1) is 0 Å². The number of ether oxygens (including phenoxy) is 1. The monoisotopic (exact) mass is 356 g/mol. The third-order valence-corrected chi connectivity index (χ3v) is 4.98. The van der Waals surface area contributed by atoms with Gasteiger partial charge in [0, 0.05) is 11.4 Å². The minimum absolute atomic E-state index is 0.0308. The highest BCUT2D eigenvalue weighted by molar-refractivity contribution is 5.93. The van der Waals surface area contributed by atoms with Gasteiger partial charge < -0.3 is 25.0 Å². The number of benzene rings is 2. The fourth-order valence-electron chi connectivity index (χ4n) is 3.26. The van der Waals surface area contributed by atoms with Gasteiger partial charge in [0.15, 0.2) is 6.04 Å². The van der Waals surface area contributed by atoms with Crippen molar-refractivity contribution in [3.05, 3.63) is 48.5 Å². The van der Waals surface area contributed by atoms with Crippen LogP contribution < -0.4 is 19.9 Å². The van der Waals surface area contributed by atoms with Crippen LogP contribution in [0.15, 0.2) is 48.5 Å². The Morgan fingerprint density at radius 3 is 2.31 bits per heavy atom. The maximum absolute atomic E-state index is 12.6. The Kier molecular flexibility index (Phi) is 5.63. The molecule has 26 heavy (non-hydrogen) atoms. The average Bonchev–Trinajstić information content (AvgIpc) is 2.69. The quantitative estimate of drug-likeness (QED) is 0.752. The summed E-state index contributed by atoms with van der Waals surface area (Å²) in [6.07, 6.45) is 0. The molecule has 1 amide bonds. The standard InChI is InChI=1S/C20H25N3O3/c1-15(20(25)21-16-3-9-19(26-2)10-4-16)22-11-13-23(14-12-22)17-5-7-18(24)8-6-17/h3-10,15,24H,11-14H2,1-2H3,(H,21,25)/p+1/t15-/m0/s1. The molecule has 3 rings (SSSR count). The molecule has 1 saturated heterocycles. The van der Waals surface area contributed by atoms with E-state index in [4.69, 9.17) is 4.74 Å². The second kappa shape index (κ2) is 8.10. The van der Waals surface area contributed by atoms with Gasteiger partial charge in [0.05, 0.1) is 33.3 Å². The lowest BCUT2D eigenvalue weighted by molar-refractivity contribution is -0.914. The molecule has 1 heterocycles. The number of piperazine rings is 1. The van der Waals surface area contributed by atoms with E-state index in [0.717, 1.165) is 43.3 Å². The summed E-state index contributed by atoms with van der Waals surface area (Å²) < 4.78 is 5.13. The van der Waals surface area contributed by atoms with Gasteiger partial charge in [0.2, 0.25) is 0 Å². The Bertz CT molecular complexity index is 723. The van der Waals surface area contributed by atoms with Crippen molar-refractivity contribution in [3.8, 4) is 11.5 Å². The molecule has 0 spiro atoms. The molecule has 1 fully saturated rings. The number of nitrogens with one attached hydrogen (secondary N) is 2. The van der Waals surface area contributed by atoms with Crippen molar-refractivity contribution >= 4 is 17.3 Å². The number of carbonyl (C=O) groups excluding carboxylic acids is 1. The van der Waals surface area contributed by atoms with Gasteiger partial charge in [-0.2, -0.15) is 0 Å². The number of carbonyl (C=O) groups is 1. The number of quaternary nitrogens is 1. The Labute approximate surface area is 154 Å². The number of anilines is 2. The number of aromatic hydroxyl groups is 1. The van der Waals surface area contributed by atoms with Crippen LogP contribution in [0.25, 0.3) is 0 Å². The van der Waals surface area contributed by atoms with Gasteiger partial charge in [0.1, 0.15) is 11.5 Å². The predicted octanol–water partition coefficient (Wildman–Crippen LogP) is 1.13. The minimum atomic E-state index is -0.112. The van der Waals surface area contributed by atoms with E-state index in [1.54, 1.807) is 19.2 Å². The Morgan fingerprint density at radius 2 is 1.73 bits per heavy atom. The number of nitrogens with zero attached hydrogens (tertiary/aromatic N) is 1. The van der Waals surface area contributed by atoms with Crippen LogP contribution >= 0.6 is 0 Å². The third kappa shape index (κ3) is 4.26. The Morgan fingerprint density at radius 1 is 1.12 bits per heavy atom. The van der Waals surface area contributed by atoms with Gasteiger partial charge in [-0.3, -0.25) is 4.79 Å². The summed E-state index contributed by atoms with van der Waals surface area (Å²) in [4.78, 5) is 16.1. The Balaban J connectivity index is 1.52. The summed E-state index contributed by atoms with van der Waals surface area (Å²) in [5, 5.41) is 12.4. The molecule has 1 aliphatic rings. The zero-order valence-electron chi connectivity index (χ0n) is 15.2. The molecule has 6 heteroatoms. The van der Waals surface area contributed by atoms with E-state index in [0.29, 0.717) is 0 Å². The van der Waals surface area contributed by atoms with Crippen LogP contribution in [0.1, 0.15) is 6.92 Å². The zero-order chi connectivity index (χ0) is 18.5. The molecule has 6 nitrogen and oxygen atoms in total. The van der Waals surface area contributed by atoms with Crippen LogP contribution in [0.3, 0.4) is 0 Å². The molecule has 0 aliphatic carbocycles. The molecule has 138 valence electrons. The smallest absolute Gasteiger partial charge is 0.282 e. The summed E-state index contributed by atoms with van der Waals surface area (Å²) in [5.41, 5.74) is 1.89. The second-order valence-corrected chi connectivity index (χ2v) is 6.60. The molecular formula is C20H26N3O3+. The van der Waals surface area contributed by atoms with E-state index in [2.05, 4.69) is 10.2 Å². The minimum Gasteiger partial charge on any atom is -0.508 e. The molecule has 0 aromatic heterocycles. The number of rotatable bonds is 5. The number of hydrogen-bond donors (Lipinski definition) is 3. The van der Waals surface area contributed by atoms with Crippen LogP contribution in [0.5, 0.6) is 11.5 Å². The maximum atomic E-state index is 12.6. The molecular weight excluding hydrogens is 330 g/mol. The highest BCUT2D eigenvalue weighted by Crippen LogP contribution is 2.18. The van der Waals surface area contributed by atoms with E-state index in [1.165, 1.54) is 4.90 Å². The first-order chi connectivity index (χ1) is 12.6. The highest BCUT2D eigenvalue weighted by Gasteiger charge is 2.29. The van der Waals surface area contributed by atoms with E-state index in [9.17, 15) is 9.90 Å². The number of hydrogen-bond acceptors (Lipinski definition) is 4. The summed E-state index contributed by atoms with van der Waals surface area (Å²) in [7, 11) is 1.62. The molecule has 3 N–H and O–H groups in total. The van der Waals surface area contributed by atoms with Crippen LogP contribution in [0.2, 0.25) is 0 Å². The van der Waals surface area contributed by atoms with Gasteiger partial charge in [-0.05, 0) is 55.5 Å². The van der Waals surface area contributed by atoms with Gasteiger partial charge >= 0.3 is 0 Å². The number of phenolic OH excluding ortho intramolecular Hbond substituents is 1. The number of methoxy groups -OCH3 is 1. The highest BCUT2D eigenvalue weighted by atomic mass is 16.5. The zero-order valence-corrected chi connectivity index (χ0v) is 15.2. The molecule has 0 radical (unpaired) electrons. The van der Waals surface area contributed by atoms with Gasteiger partial charge in [-0.1, -0.05) is 0 Å². The summed E-state index contributed by atoms with van der Waals surface area (Å²) in [6, 6.07) is 14.5. The summed E-state index contributed by atoms with van der Waals surface area (Å²) in [5.74, 6) is 1.08. The average molecular weight is 356 g/mol. The van der Waals surface area contributed by atoms with Gasteiger partial charge in [-0.25, -0.2) is 0 Å². The second-order valence-electron chi connectivity index (χ2n) is 6.60. The van der Waals surface area contributed by atoms with Gasteiger partial charge in [-0.15, -0.1) is 0 Å². The molecule has 0 saturated carbocycles. The van der Waals surface area contributed by atoms with Gasteiger partial charge in [0.25, 0.3) is 5.91 Å². The SMILES string of the molecule is COc1ccc(NC(=O)[C@H](C)[NH+]2CCN(c3ccc(O)cc3)CC2)cc1. The van der Waals surface area contributed by atoms with Crippen molar-refractivity contribution in [2.75, 3.05) is 43.5 Å². The van der Waals surface area contributed by atoms with E-state index in [-0.39, 0.29) is 17.7 Å². The third-order valence-electron chi connectivity index (χ3n) is 4.98. The number of phenols is 1. The largest absolute Gasteiger partial charge is 0.508 e.